The Bertz CT molecular complexity index is 377. The van der Waals surface area contributed by atoms with Gasteiger partial charge in [0.2, 0.25) is 0 Å². The molecule has 0 saturated heterocycles. The van der Waals surface area contributed by atoms with E-state index in [9.17, 15) is 4.79 Å². The number of methoxy groups -OCH3 is 1. The maximum absolute atomic E-state index is 11.5. The molecule has 0 atom stereocenters. The highest BCUT2D eigenvalue weighted by Crippen LogP contribution is 2.21. The number of amides is 1. The summed E-state index contributed by atoms with van der Waals surface area (Å²) in [5, 5.41) is 2.77. The summed E-state index contributed by atoms with van der Waals surface area (Å²) in [5.41, 5.74) is 2.99. The van der Waals surface area contributed by atoms with Gasteiger partial charge < -0.3 is 9.47 Å². The zero-order valence-electron chi connectivity index (χ0n) is 10.6. The van der Waals surface area contributed by atoms with Crippen LogP contribution < -0.4 is 5.32 Å². The molecule has 0 fully saturated rings. The molecule has 4 heteroatoms. The van der Waals surface area contributed by atoms with E-state index in [0.717, 1.165) is 23.2 Å². The van der Waals surface area contributed by atoms with Crippen molar-refractivity contribution in [3.05, 3.63) is 29.3 Å². The summed E-state index contributed by atoms with van der Waals surface area (Å²) in [5.74, 6) is 0. The molecule has 1 aromatic rings. The SMILES string of the molecule is CCc1cccc(C)c1NC(=O)OCCOC. The molecular formula is C13H19NO3. The van der Waals surface area contributed by atoms with Crippen molar-refractivity contribution in [3.8, 4) is 0 Å². The average Bonchev–Trinajstić information content (AvgIpc) is 2.32. The van der Waals surface area contributed by atoms with Crippen LogP contribution in [-0.4, -0.2) is 26.4 Å². The molecular weight excluding hydrogens is 218 g/mol. The first-order chi connectivity index (χ1) is 8.19. The quantitative estimate of drug-likeness (QED) is 0.801. The smallest absolute Gasteiger partial charge is 0.411 e. The second kappa shape index (κ2) is 6.91. The van der Waals surface area contributed by atoms with Crippen molar-refractivity contribution in [1.82, 2.24) is 0 Å². The minimum Gasteiger partial charge on any atom is -0.447 e. The topological polar surface area (TPSA) is 47.6 Å². The second-order valence-corrected chi connectivity index (χ2v) is 3.72. The monoisotopic (exact) mass is 237 g/mol. The predicted octanol–water partition coefficient (Wildman–Crippen LogP) is 2.75. The van der Waals surface area contributed by atoms with E-state index in [4.69, 9.17) is 9.47 Å². The normalized spacial score (nSPS) is 10.1. The minimum absolute atomic E-state index is 0.260. The summed E-state index contributed by atoms with van der Waals surface area (Å²) in [6.45, 7) is 4.68. The van der Waals surface area contributed by atoms with Gasteiger partial charge in [-0.05, 0) is 24.5 Å². The molecule has 0 heterocycles. The van der Waals surface area contributed by atoms with Crippen molar-refractivity contribution in [3.63, 3.8) is 0 Å². The van der Waals surface area contributed by atoms with Gasteiger partial charge in [-0.25, -0.2) is 4.79 Å². The lowest BCUT2D eigenvalue weighted by molar-refractivity contribution is 0.107. The van der Waals surface area contributed by atoms with Crippen molar-refractivity contribution >= 4 is 11.8 Å². The van der Waals surface area contributed by atoms with Crippen LogP contribution in [0.3, 0.4) is 0 Å². The molecule has 1 rings (SSSR count). The van der Waals surface area contributed by atoms with Crippen LogP contribution in [0.15, 0.2) is 18.2 Å². The van der Waals surface area contributed by atoms with Crippen molar-refractivity contribution in [1.29, 1.82) is 0 Å². The van der Waals surface area contributed by atoms with Gasteiger partial charge in [-0.1, -0.05) is 25.1 Å². The maximum Gasteiger partial charge on any atom is 0.411 e. The number of hydrogen-bond donors (Lipinski definition) is 1. The van der Waals surface area contributed by atoms with Crippen molar-refractivity contribution in [2.24, 2.45) is 0 Å². The van der Waals surface area contributed by atoms with Gasteiger partial charge >= 0.3 is 6.09 Å². The largest absolute Gasteiger partial charge is 0.447 e. The third-order valence-electron chi connectivity index (χ3n) is 2.49. The molecule has 0 aromatic heterocycles. The Balaban J connectivity index is 2.64. The molecule has 4 nitrogen and oxygen atoms in total. The third-order valence-corrected chi connectivity index (χ3v) is 2.49. The number of anilines is 1. The van der Waals surface area contributed by atoms with Gasteiger partial charge in [-0.15, -0.1) is 0 Å². The first-order valence-corrected chi connectivity index (χ1v) is 5.70. The number of benzene rings is 1. The molecule has 1 N–H and O–H groups in total. The molecule has 94 valence electrons. The van der Waals surface area contributed by atoms with E-state index in [1.165, 1.54) is 0 Å². The third kappa shape index (κ3) is 4.07. The van der Waals surface area contributed by atoms with Crippen LogP contribution in [0.25, 0.3) is 0 Å². The molecule has 0 radical (unpaired) electrons. The molecule has 0 aliphatic carbocycles. The summed E-state index contributed by atoms with van der Waals surface area (Å²) in [6.07, 6.45) is 0.432. The Hall–Kier alpha value is -1.55. The lowest BCUT2D eigenvalue weighted by atomic mass is 10.1. The van der Waals surface area contributed by atoms with Crippen molar-refractivity contribution in [2.75, 3.05) is 25.6 Å². The van der Waals surface area contributed by atoms with Crippen LogP contribution in [0.4, 0.5) is 10.5 Å². The molecule has 1 aromatic carbocycles. The molecule has 0 aliphatic rings. The summed E-state index contributed by atoms with van der Waals surface area (Å²) in [4.78, 5) is 11.5. The van der Waals surface area contributed by atoms with E-state index in [0.29, 0.717) is 6.61 Å². The Morgan fingerprint density at radius 3 is 2.76 bits per heavy atom. The Labute approximate surface area is 102 Å². The van der Waals surface area contributed by atoms with Gasteiger partial charge in [0.05, 0.1) is 12.3 Å². The van der Waals surface area contributed by atoms with Gasteiger partial charge in [-0.2, -0.15) is 0 Å². The van der Waals surface area contributed by atoms with E-state index >= 15 is 0 Å². The number of hydrogen-bond acceptors (Lipinski definition) is 3. The van der Waals surface area contributed by atoms with Crippen LogP contribution in [0.2, 0.25) is 0 Å². The fourth-order valence-electron chi connectivity index (χ4n) is 1.56. The lowest BCUT2D eigenvalue weighted by Gasteiger charge is -2.12. The van der Waals surface area contributed by atoms with E-state index in [1.54, 1.807) is 7.11 Å². The predicted molar refractivity (Wildman–Crippen MR) is 67.4 cm³/mol. The van der Waals surface area contributed by atoms with Gasteiger partial charge in [0.25, 0.3) is 0 Å². The van der Waals surface area contributed by atoms with E-state index in [-0.39, 0.29) is 6.61 Å². The summed E-state index contributed by atoms with van der Waals surface area (Å²) in [7, 11) is 1.57. The summed E-state index contributed by atoms with van der Waals surface area (Å²) < 4.78 is 9.77. The van der Waals surface area contributed by atoms with Gasteiger partial charge in [0, 0.05) is 7.11 Å². The Morgan fingerprint density at radius 2 is 2.12 bits per heavy atom. The van der Waals surface area contributed by atoms with Crippen molar-refractivity contribution < 1.29 is 14.3 Å². The van der Waals surface area contributed by atoms with Gasteiger partial charge in [0.1, 0.15) is 6.61 Å². The minimum atomic E-state index is -0.439. The van der Waals surface area contributed by atoms with Crippen LogP contribution in [0, 0.1) is 6.92 Å². The summed E-state index contributed by atoms with van der Waals surface area (Å²) in [6, 6.07) is 5.94. The van der Waals surface area contributed by atoms with Gasteiger partial charge in [0.15, 0.2) is 0 Å². The highest BCUT2D eigenvalue weighted by Gasteiger charge is 2.08. The molecule has 0 aliphatic heterocycles. The standard InChI is InChI=1S/C13H19NO3/c1-4-11-7-5-6-10(2)12(11)14-13(15)17-9-8-16-3/h5-7H,4,8-9H2,1-3H3,(H,14,15). The number of ether oxygens (including phenoxy) is 2. The van der Waals surface area contributed by atoms with E-state index in [1.807, 2.05) is 25.1 Å². The maximum atomic E-state index is 11.5. The Kier molecular flexibility index (Phi) is 5.49. The van der Waals surface area contributed by atoms with Crippen LogP contribution in [0.5, 0.6) is 0 Å². The lowest BCUT2D eigenvalue weighted by Crippen LogP contribution is -2.17. The zero-order valence-corrected chi connectivity index (χ0v) is 10.6. The van der Waals surface area contributed by atoms with Crippen LogP contribution in [0.1, 0.15) is 18.1 Å². The molecule has 0 bridgehead atoms. The highest BCUT2D eigenvalue weighted by molar-refractivity contribution is 5.86. The molecule has 1 amide bonds. The number of carbonyl (C=O) groups is 1. The van der Waals surface area contributed by atoms with Crippen LogP contribution in [-0.2, 0) is 15.9 Å². The number of para-hydroxylation sites is 1. The fourth-order valence-corrected chi connectivity index (χ4v) is 1.56. The highest BCUT2D eigenvalue weighted by atomic mass is 16.6. The second-order valence-electron chi connectivity index (χ2n) is 3.72. The number of aryl methyl sites for hydroxylation is 2. The summed E-state index contributed by atoms with van der Waals surface area (Å²) >= 11 is 0. The fraction of sp³-hybridized carbons (Fsp3) is 0.462. The molecule has 17 heavy (non-hydrogen) atoms. The molecule has 0 saturated carbocycles. The van der Waals surface area contributed by atoms with Crippen LogP contribution >= 0.6 is 0 Å². The molecule has 0 unspecified atom stereocenters. The Morgan fingerprint density at radius 1 is 1.35 bits per heavy atom. The first-order valence-electron chi connectivity index (χ1n) is 5.70. The van der Waals surface area contributed by atoms with Gasteiger partial charge in [-0.3, -0.25) is 5.32 Å². The number of nitrogens with one attached hydrogen (secondary N) is 1. The number of rotatable bonds is 5. The van der Waals surface area contributed by atoms with Crippen molar-refractivity contribution in [2.45, 2.75) is 20.3 Å². The zero-order chi connectivity index (χ0) is 12.7. The molecule has 0 spiro atoms. The first kappa shape index (κ1) is 13.5. The average molecular weight is 237 g/mol. The number of carbonyl (C=O) groups excluding carboxylic acids is 1. The van der Waals surface area contributed by atoms with E-state index < -0.39 is 6.09 Å². The van der Waals surface area contributed by atoms with E-state index in [2.05, 4.69) is 12.2 Å².